The second kappa shape index (κ2) is 9.41. The molecule has 3 nitrogen and oxygen atoms in total. The summed E-state index contributed by atoms with van der Waals surface area (Å²) >= 11 is 0. The van der Waals surface area contributed by atoms with Crippen molar-refractivity contribution in [3.63, 3.8) is 0 Å². The smallest absolute Gasteiger partial charge is 0.119 e. The fourth-order valence-electron chi connectivity index (χ4n) is 4.64. The number of aryl methyl sites for hydroxylation is 3. The average molecular weight is 439 g/mol. The van der Waals surface area contributed by atoms with E-state index in [0.717, 1.165) is 38.9 Å². The van der Waals surface area contributed by atoms with Crippen molar-refractivity contribution < 1.29 is 15.3 Å². The summed E-state index contributed by atoms with van der Waals surface area (Å²) in [4.78, 5) is 0. The van der Waals surface area contributed by atoms with Crippen molar-refractivity contribution in [1.82, 2.24) is 0 Å². The maximum absolute atomic E-state index is 10.8. The lowest BCUT2D eigenvalue weighted by atomic mass is 9.77. The molecule has 0 heterocycles. The van der Waals surface area contributed by atoms with Crippen LogP contribution in [0.15, 0.2) is 84.9 Å². The van der Waals surface area contributed by atoms with Crippen molar-refractivity contribution in [2.45, 2.75) is 39.0 Å². The van der Waals surface area contributed by atoms with Crippen LogP contribution in [0.1, 0.15) is 57.2 Å². The second-order valence-electron chi connectivity index (χ2n) is 8.94. The molecule has 0 aliphatic heterocycles. The Hall–Kier alpha value is -3.72. The normalized spacial score (nSPS) is 12.1. The van der Waals surface area contributed by atoms with E-state index in [4.69, 9.17) is 0 Å². The molecule has 0 aliphatic rings. The van der Waals surface area contributed by atoms with Gasteiger partial charge in [-0.25, -0.2) is 0 Å². The van der Waals surface area contributed by atoms with Crippen LogP contribution in [-0.2, 0) is 0 Å². The zero-order valence-corrected chi connectivity index (χ0v) is 19.3. The van der Waals surface area contributed by atoms with Crippen LogP contribution in [0.25, 0.3) is 0 Å². The van der Waals surface area contributed by atoms with Crippen LogP contribution < -0.4 is 0 Å². The summed E-state index contributed by atoms with van der Waals surface area (Å²) in [7, 11) is 0. The first kappa shape index (κ1) is 22.5. The van der Waals surface area contributed by atoms with Crippen LogP contribution in [0.3, 0.4) is 0 Å². The third kappa shape index (κ3) is 4.88. The third-order valence-electron chi connectivity index (χ3n) is 6.35. The highest BCUT2D eigenvalue weighted by atomic mass is 16.3. The van der Waals surface area contributed by atoms with Gasteiger partial charge >= 0.3 is 0 Å². The molecule has 0 bridgehead atoms. The van der Waals surface area contributed by atoms with Crippen molar-refractivity contribution in [2.24, 2.45) is 0 Å². The van der Waals surface area contributed by atoms with Crippen molar-refractivity contribution in [3.05, 3.63) is 124 Å². The van der Waals surface area contributed by atoms with Gasteiger partial charge in [0.15, 0.2) is 0 Å². The molecule has 3 heteroatoms. The lowest BCUT2D eigenvalue weighted by molar-refractivity contribution is 0.443. The Morgan fingerprint density at radius 2 is 0.909 bits per heavy atom. The van der Waals surface area contributed by atoms with Crippen molar-refractivity contribution in [1.29, 1.82) is 0 Å². The predicted molar refractivity (Wildman–Crippen MR) is 133 cm³/mol. The zero-order valence-electron chi connectivity index (χ0n) is 19.3. The maximum Gasteiger partial charge on any atom is 0.119 e. The van der Waals surface area contributed by atoms with Crippen LogP contribution >= 0.6 is 0 Å². The highest BCUT2D eigenvalue weighted by Crippen LogP contribution is 2.45. The number of benzene rings is 4. The molecule has 0 saturated heterocycles. The molecule has 0 saturated carbocycles. The standard InChI is InChI=1S/C30H30O3/c1-19-9-12-28(31)25(15-19)23(22-7-5-4-6-8-22)18-24(26-16-20(2)10-13-29(26)32)27-17-21(3)11-14-30(27)33/h4-17,23-24,31-33H,18H2,1-3H3. The molecule has 33 heavy (non-hydrogen) atoms. The first-order chi connectivity index (χ1) is 15.8. The molecule has 4 rings (SSSR count). The number of phenolic OH excluding ortho intramolecular Hbond substituents is 3. The van der Waals surface area contributed by atoms with E-state index in [1.54, 1.807) is 18.2 Å². The first-order valence-corrected chi connectivity index (χ1v) is 11.3. The molecule has 1 atom stereocenters. The topological polar surface area (TPSA) is 60.7 Å². The first-order valence-electron chi connectivity index (χ1n) is 11.3. The van der Waals surface area contributed by atoms with E-state index in [1.165, 1.54) is 0 Å². The summed E-state index contributed by atoms with van der Waals surface area (Å²) in [5.74, 6) is 0.222. The quantitative estimate of drug-likeness (QED) is 0.301. The lowest BCUT2D eigenvalue weighted by Crippen LogP contribution is -2.11. The Labute approximate surface area is 195 Å². The monoisotopic (exact) mass is 438 g/mol. The minimum absolute atomic E-state index is 0.143. The molecule has 168 valence electrons. The molecule has 0 radical (unpaired) electrons. The molecule has 0 fully saturated rings. The van der Waals surface area contributed by atoms with Gasteiger partial charge in [-0.05, 0) is 51.0 Å². The molecule has 1 unspecified atom stereocenters. The SMILES string of the molecule is Cc1ccc(O)c(C(CC(c2cc(C)ccc2O)c2cc(C)ccc2O)c2ccccc2)c1. The van der Waals surface area contributed by atoms with Crippen LogP contribution in [0.2, 0.25) is 0 Å². The molecule has 4 aromatic rings. The summed E-state index contributed by atoms with van der Waals surface area (Å²) in [6.07, 6.45) is 0.565. The minimum atomic E-state index is -0.282. The summed E-state index contributed by atoms with van der Waals surface area (Å²) < 4.78 is 0. The van der Waals surface area contributed by atoms with E-state index in [0.29, 0.717) is 6.42 Å². The highest BCUT2D eigenvalue weighted by Gasteiger charge is 2.28. The van der Waals surface area contributed by atoms with Crippen LogP contribution in [-0.4, -0.2) is 15.3 Å². The van der Waals surface area contributed by atoms with Gasteiger partial charge in [-0.2, -0.15) is 0 Å². The second-order valence-corrected chi connectivity index (χ2v) is 8.94. The summed E-state index contributed by atoms with van der Waals surface area (Å²) in [6, 6.07) is 26.9. The molecule has 0 spiro atoms. The van der Waals surface area contributed by atoms with Crippen molar-refractivity contribution >= 4 is 0 Å². The molecule has 0 aliphatic carbocycles. The fraction of sp³-hybridized carbons (Fsp3) is 0.200. The van der Waals surface area contributed by atoms with Gasteiger partial charge in [-0.3, -0.25) is 0 Å². The maximum atomic E-state index is 10.8. The molecule has 0 amide bonds. The number of hydrogen-bond acceptors (Lipinski definition) is 3. The van der Waals surface area contributed by atoms with E-state index < -0.39 is 0 Å². The molecular formula is C30H30O3. The van der Waals surface area contributed by atoms with E-state index >= 15 is 0 Å². The molecular weight excluding hydrogens is 408 g/mol. The number of hydrogen-bond donors (Lipinski definition) is 3. The van der Waals surface area contributed by atoms with Crippen LogP contribution in [0.5, 0.6) is 17.2 Å². The van der Waals surface area contributed by atoms with E-state index in [9.17, 15) is 15.3 Å². The van der Waals surface area contributed by atoms with Crippen LogP contribution in [0.4, 0.5) is 0 Å². The van der Waals surface area contributed by atoms with Crippen molar-refractivity contribution in [2.75, 3.05) is 0 Å². The number of phenols is 3. The van der Waals surface area contributed by atoms with E-state index in [1.807, 2.05) is 75.4 Å². The minimum Gasteiger partial charge on any atom is -0.508 e. The van der Waals surface area contributed by atoms with Gasteiger partial charge in [-0.1, -0.05) is 83.4 Å². The Morgan fingerprint density at radius 1 is 0.515 bits per heavy atom. The van der Waals surface area contributed by atoms with Gasteiger partial charge in [0.25, 0.3) is 0 Å². The highest BCUT2D eigenvalue weighted by molar-refractivity contribution is 5.51. The van der Waals surface area contributed by atoms with Gasteiger partial charge in [-0.15, -0.1) is 0 Å². The van der Waals surface area contributed by atoms with Gasteiger partial charge < -0.3 is 15.3 Å². The average Bonchev–Trinajstić information content (AvgIpc) is 2.81. The van der Waals surface area contributed by atoms with Crippen molar-refractivity contribution in [3.8, 4) is 17.2 Å². The van der Waals surface area contributed by atoms with E-state index in [-0.39, 0.29) is 29.1 Å². The summed E-state index contributed by atoms with van der Waals surface area (Å²) in [6.45, 7) is 6.01. The van der Waals surface area contributed by atoms with Gasteiger partial charge in [0.1, 0.15) is 17.2 Å². The largest absolute Gasteiger partial charge is 0.508 e. The molecule has 3 N–H and O–H groups in total. The Morgan fingerprint density at radius 3 is 1.33 bits per heavy atom. The summed E-state index contributed by atoms with van der Waals surface area (Å²) in [5, 5.41) is 32.5. The van der Waals surface area contributed by atoms with E-state index in [2.05, 4.69) is 12.1 Å². The lowest BCUT2D eigenvalue weighted by Gasteiger charge is -2.27. The van der Waals surface area contributed by atoms with Gasteiger partial charge in [0.05, 0.1) is 0 Å². The third-order valence-corrected chi connectivity index (χ3v) is 6.35. The van der Waals surface area contributed by atoms with Gasteiger partial charge in [0, 0.05) is 28.5 Å². The molecule has 0 aromatic heterocycles. The Kier molecular flexibility index (Phi) is 6.41. The predicted octanol–water partition coefficient (Wildman–Crippen LogP) is 7.08. The van der Waals surface area contributed by atoms with Gasteiger partial charge in [0.2, 0.25) is 0 Å². The zero-order chi connectivity index (χ0) is 23.5. The molecule has 4 aromatic carbocycles. The summed E-state index contributed by atoms with van der Waals surface area (Å²) in [5.41, 5.74) is 6.59. The number of aromatic hydroxyl groups is 3. The Balaban J connectivity index is 1.92. The number of rotatable bonds is 6. The Bertz CT molecular complexity index is 1210. The fourth-order valence-corrected chi connectivity index (χ4v) is 4.64. The van der Waals surface area contributed by atoms with Crippen LogP contribution in [0, 0.1) is 20.8 Å².